The molecule has 1 rings (SSSR count). The molecular formula is C12H18ClF2NO2. The molecule has 0 amide bonds. The second-order valence-electron chi connectivity index (χ2n) is 4.57. The number of aliphatic hydroxyl groups is 1. The minimum absolute atomic E-state index is 0. The van der Waals surface area contributed by atoms with Crippen LogP contribution >= 0.6 is 12.4 Å². The first-order valence-corrected chi connectivity index (χ1v) is 5.28. The Kier molecular flexibility index (Phi) is 6.52. The molecule has 0 spiro atoms. The second kappa shape index (κ2) is 6.87. The van der Waals surface area contributed by atoms with E-state index in [0.717, 1.165) is 5.56 Å². The number of hydrogen-bond acceptors (Lipinski definition) is 3. The summed E-state index contributed by atoms with van der Waals surface area (Å²) in [6.07, 6.45) is 0. The third kappa shape index (κ3) is 4.40. The summed E-state index contributed by atoms with van der Waals surface area (Å²) in [5.74, 6) is 0.0951. The average Bonchev–Trinajstić information content (AvgIpc) is 2.28. The number of rotatable bonds is 5. The van der Waals surface area contributed by atoms with Crippen molar-refractivity contribution in [2.24, 2.45) is 11.1 Å². The van der Waals surface area contributed by atoms with Crippen LogP contribution in [0.15, 0.2) is 24.3 Å². The van der Waals surface area contributed by atoms with Crippen LogP contribution in [-0.4, -0.2) is 18.3 Å². The smallest absolute Gasteiger partial charge is 0.387 e. The van der Waals surface area contributed by atoms with Crippen LogP contribution in [0.2, 0.25) is 0 Å². The number of nitrogens with two attached hydrogens (primary N) is 1. The molecule has 0 heterocycles. The zero-order valence-corrected chi connectivity index (χ0v) is 11.1. The van der Waals surface area contributed by atoms with Crippen molar-refractivity contribution in [3.8, 4) is 5.75 Å². The molecule has 0 bridgehead atoms. The molecule has 0 saturated heterocycles. The van der Waals surface area contributed by atoms with E-state index in [0.29, 0.717) is 0 Å². The lowest BCUT2D eigenvalue weighted by Crippen LogP contribution is -2.32. The van der Waals surface area contributed by atoms with Gasteiger partial charge in [0.15, 0.2) is 0 Å². The highest BCUT2D eigenvalue weighted by Crippen LogP contribution is 2.31. The topological polar surface area (TPSA) is 55.5 Å². The van der Waals surface area contributed by atoms with Gasteiger partial charge in [0.1, 0.15) is 5.75 Å². The fourth-order valence-corrected chi connectivity index (χ4v) is 1.41. The molecule has 0 fully saturated rings. The Balaban J connectivity index is 0.00000289. The van der Waals surface area contributed by atoms with Crippen molar-refractivity contribution < 1.29 is 18.6 Å². The van der Waals surface area contributed by atoms with Gasteiger partial charge in [-0.1, -0.05) is 26.0 Å². The lowest BCUT2D eigenvalue weighted by molar-refractivity contribution is -0.0498. The van der Waals surface area contributed by atoms with E-state index >= 15 is 0 Å². The summed E-state index contributed by atoms with van der Waals surface area (Å²) in [6, 6.07) is 5.76. The van der Waals surface area contributed by atoms with Crippen LogP contribution < -0.4 is 10.5 Å². The van der Waals surface area contributed by atoms with Gasteiger partial charge in [-0.05, 0) is 17.7 Å². The maximum Gasteiger partial charge on any atom is 0.387 e. The van der Waals surface area contributed by atoms with Gasteiger partial charge in [0.2, 0.25) is 0 Å². The monoisotopic (exact) mass is 281 g/mol. The molecule has 6 heteroatoms. The van der Waals surface area contributed by atoms with Crippen LogP contribution in [0.3, 0.4) is 0 Å². The molecule has 0 aliphatic heterocycles. The van der Waals surface area contributed by atoms with Gasteiger partial charge in [0.05, 0.1) is 0 Å². The van der Waals surface area contributed by atoms with Crippen LogP contribution in [0, 0.1) is 5.41 Å². The van der Waals surface area contributed by atoms with E-state index in [1.54, 1.807) is 12.1 Å². The first kappa shape index (κ1) is 17.1. The number of benzene rings is 1. The molecule has 104 valence electrons. The Morgan fingerprint density at radius 3 is 2.17 bits per heavy atom. The van der Waals surface area contributed by atoms with Gasteiger partial charge in [0, 0.05) is 18.1 Å². The largest absolute Gasteiger partial charge is 0.435 e. The predicted molar refractivity (Wildman–Crippen MR) is 68.1 cm³/mol. The van der Waals surface area contributed by atoms with Crippen LogP contribution in [0.25, 0.3) is 0 Å². The zero-order chi connectivity index (χ0) is 13.1. The van der Waals surface area contributed by atoms with Gasteiger partial charge < -0.3 is 15.6 Å². The highest BCUT2D eigenvalue weighted by Gasteiger charge is 2.26. The van der Waals surface area contributed by atoms with Crippen molar-refractivity contribution in [1.29, 1.82) is 0 Å². The molecular weight excluding hydrogens is 264 g/mol. The standard InChI is InChI=1S/C12H17F2NO2.ClH/c1-12(2,7-16)10(15)8-3-5-9(6-4-8)17-11(13)14;/h3-6,10-11,16H,7,15H2,1-2H3;1H/t10-;/m1./s1. The highest BCUT2D eigenvalue weighted by atomic mass is 35.5. The Bertz CT molecular complexity index is 358. The number of halogens is 3. The summed E-state index contributed by atoms with van der Waals surface area (Å²) in [4.78, 5) is 0. The molecule has 1 atom stereocenters. The van der Waals surface area contributed by atoms with E-state index in [9.17, 15) is 13.9 Å². The summed E-state index contributed by atoms with van der Waals surface area (Å²) in [5, 5.41) is 9.20. The highest BCUT2D eigenvalue weighted by molar-refractivity contribution is 5.85. The molecule has 3 N–H and O–H groups in total. The summed E-state index contributed by atoms with van der Waals surface area (Å²) in [5.41, 5.74) is 6.29. The van der Waals surface area contributed by atoms with Gasteiger partial charge in [-0.2, -0.15) is 8.78 Å². The Hall–Kier alpha value is -0.910. The summed E-state index contributed by atoms with van der Waals surface area (Å²) < 4.78 is 28.1. The SMILES string of the molecule is CC(C)(CO)[C@H](N)c1ccc(OC(F)F)cc1.Cl. The van der Waals surface area contributed by atoms with Crippen molar-refractivity contribution in [3.63, 3.8) is 0 Å². The van der Waals surface area contributed by atoms with E-state index in [1.807, 2.05) is 13.8 Å². The molecule has 0 saturated carbocycles. The number of hydrogen-bond donors (Lipinski definition) is 2. The number of ether oxygens (including phenoxy) is 1. The Morgan fingerprint density at radius 2 is 1.78 bits per heavy atom. The van der Waals surface area contributed by atoms with E-state index in [2.05, 4.69) is 4.74 Å². The maximum absolute atomic E-state index is 11.9. The first-order chi connectivity index (χ1) is 7.86. The fraction of sp³-hybridized carbons (Fsp3) is 0.500. The lowest BCUT2D eigenvalue weighted by atomic mass is 9.82. The van der Waals surface area contributed by atoms with Crippen molar-refractivity contribution in [2.45, 2.75) is 26.5 Å². The van der Waals surface area contributed by atoms with Crippen LogP contribution in [-0.2, 0) is 0 Å². The fourth-order valence-electron chi connectivity index (χ4n) is 1.41. The van der Waals surface area contributed by atoms with Gasteiger partial charge in [-0.15, -0.1) is 12.4 Å². The normalized spacial score (nSPS) is 13.1. The predicted octanol–water partition coefficient (Wildman–Crippen LogP) is 2.73. The first-order valence-electron chi connectivity index (χ1n) is 5.28. The van der Waals surface area contributed by atoms with Crippen molar-refractivity contribution >= 4 is 12.4 Å². The van der Waals surface area contributed by atoms with Crippen LogP contribution in [0.5, 0.6) is 5.75 Å². The van der Waals surface area contributed by atoms with Crippen molar-refractivity contribution in [3.05, 3.63) is 29.8 Å². The van der Waals surface area contributed by atoms with Crippen LogP contribution in [0.4, 0.5) is 8.78 Å². The molecule has 0 aromatic heterocycles. The van der Waals surface area contributed by atoms with Crippen molar-refractivity contribution in [2.75, 3.05) is 6.61 Å². The average molecular weight is 282 g/mol. The molecule has 0 radical (unpaired) electrons. The summed E-state index contributed by atoms with van der Waals surface area (Å²) in [7, 11) is 0. The second-order valence-corrected chi connectivity index (χ2v) is 4.57. The van der Waals surface area contributed by atoms with Gasteiger partial charge in [0.25, 0.3) is 0 Å². The molecule has 0 aliphatic carbocycles. The van der Waals surface area contributed by atoms with E-state index < -0.39 is 12.0 Å². The molecule has 1 aromatic carbocycles. The molecule has 1 aromatic rings. The van der Waals surface area contributed by atoms with E-state index in [1.165, 1.54) is 12.1 Å². The zero-order valence-electron chi connectivity index (χ0n) is 10.3. The minimum Gasteiger partial charge on any atom is -0.435 e. The van der Waals surface area contributed by atoms with E-state index in [-0.39, 0.29) is 30.8 Å². The van der Waals surface area contributed by atoms with E-state index in [4.69, 9.17) is 5.73 Å². The molecule has 3 nitrogen and oxygen atoms in total. The summed E-state index contributed by atoms with van der Waals surface area (Å²) in [6.45, 7) is 0.787. The third-order valence-corrected chi connectivity index (χ3v) is 2.71. The lowest BCUT2D eigenvalue weighted by Gasteiger charge is -2.29. The number of aliphatic hydroxyl groups excluding tert-OH is 1. The maximum atomic E-state index is 11.9. The minimum atomic E-state index is -2.83. The van der Waals surface area contributed by atoms with Crippen LogP contribution in [0.1, 0.15) is 25.5 Å². The third-order valence-electron chi connectivity index (χ3n) is 2.71. The summed E-state index contributed by atoms with van der Waals surface area (Å²) >= 11 is 0. The van der Waals surface area contributed by atoms with Gasteiger partial charge in [-0.3, -0.25) is 0 Å². The van der Waals surface area contributed by atoms with Gasteiger partial charge in [-0.25, -0.2) is 0 Å². The van der Waals surface area contributed by atoms with Gasteiger partial charge >= 0.3 is 6.61 Å². The quantitative estimate of drug-likeness (QED) is 0.872. The number of alkyl halides is 2. The molecule has 0 aliphatic rings. The Labute approximate surface area is 111 Å². The molecule has 0 unspecified atom stereocenters. The van der Waals surface area contributed by atoms with Crippen molar-refractivity contribution in [1.82, 2.24) is 0 Å². The molecule has 18 heavy (non-hydrogen) atoms. The Morgan fingerprint density at radius 1 is 1.28 bits per heavy atom.